The lowest BCUT2D eigenvalue weighted by Crippen LogP contribution is -2.24. The van der Waals surface area contributed by atoms with E-state index in [1.807, 2.05) is 0 Å². The van der Waals surface area contributed by atoms with Crippen LogP contribution >= 0.6 is 0 Å². The molecule has 3 nitrogen and oxygen atoms in total. The SMILES string of the molecule is CC1OCC/C=C/CCCCCCCCCOC1=O. The van der Waals surface area contributed by atoms with E-state index < -0.39 is 6.10 Å². The fraction of sp³-hybridized carbons (Fsp3) is 0.812. The molecule has 0 amide bonds. The normalized spacial score (nSPS) is 27.2. The van der Waals surface area contributed by atoms with Gasteiger partial charge in [0, 0.05) is 0 Å². The van der Waals surface area contributed by atoms with E-state index in [4.69, 9.17) is 9.47 Å². The molecule has 19 heavy (non-hydrogen) atoms. The molecular formula is C16H28O3. The van der Waals surface area contributed by atoms with Crippen molar-refractivity contribution in [3.05, 3.63) is 12.2 Å². The lowest BCUT2D eigenvalue weighted by atomic mass is 10.1. The zero-order chi connectivity index (χ0) is 13.8. The number of hydrogen-bond donors (Lipinski definition) is 0. The Morgan fingerprint density at radius 2 is 1.53 bits per heavy atom. The largest absolute Gasteiger partial charge is 0.464 e. The van der Waals surface area contributed by atoms with Gasteiger partial charge in [-0.3, -0.25) is 0 Å². The van der Waals surface area contributed by atoms with Crippen molar-refractivity contribution in [3.8, 4) is 0 Å². The minimum atomic E-state index is -0.441. The molecule has 0 radical (unpaired) electrons. The van der Waals surface area contributed by atoms with Gasteiger partial charge in [-0.2, -0.15) is 0 Å². The Labute approximate surface area is 117 Å². The summed E-state index contributed by atoms with van der Waals surface area (Å²) in [6.07, 6.45) is 14.6. The molecule has 1 heterocycles. The summed E-state index contributed by atoms with van der Waals surface area (Å²) in [5.41, 5.74) is 0. The highest BCUT2D eigenvalue weighted by Crippen LogP contribution is 2.10. The predicted molar refractivity (Wildman–Crippen MR) is 77.1 cm³/mol. The molecule has 0 aliphatic carbocycles. The van der Waals surface area contributed by atoms with Crippen molar-refractivity contribution >= 4 is 5.97 Å². The minimum Gasteiger partial charge on any atom is -0.464 e. The average Bonchev–Trinajstić information content (AvgIpc) is 2.41. The predicted octanol–water partition coefficient (Wildman–Crippen LogP) is 4.02. The Morgan fingerprint density at radius 1 is 0.895 bits per heavy atom. The van der Waals surface area contributed by atoms with E-state index in [2.05, 4.69) is 12.2 Å². The highest BCUT2D eigenvalue weighted by atomic mass is 16.6. The number of carbonyl (C=O) groups is 1. The van der Waals surface area contributed by atoms with E-state index in [1.165, 1.54) is 32.1 Å². The van der Waals surface area contributed by atoms with Crippen molar-refractivity contribution in [2.24, 2.45) is 0 Å². The van der Waals surface area contributed by atoms with E-state index in [1.54, 1.807) is 6.92 Å². The average molecular weight is 268 g/mol. The number of ether oxygens (including phenoxy) is 2. The molecule has 110 valence electrons. The van der Waals surface area contributed by atoms with Crippen LogP contribution < -0.4 is 0 Å². The van der Waals surface area contributed by atoms with Crippen LogP contribution in [0.25, 0.3) is 0 Å². The van der Waals surface area contributed by atoms with Crippen molar-refractivity contribution in [1.29, 1.82) is 0 Å². The number of rotatable bonds is 0. The molecule has 0 N–H and O–H groups in total. The molecule has 0 aromatic heterocycles. The summed E-state index contributed by atoms with van der Waals surface area (Å²) >= 11 is 0. The van der Waals surface area contributed by atoms with Gasteiger partial charge in [0.05, 0.1) is 13.2 Å². The first kappa shape index (κ1) is 16.2. The van der Waals surface area contributed by atoms with Gasteiger partial charge in [-0.25, -0.2) is 4.79 Å². The molecule has 1 unspecified atom stereocenters. The summed E-state index contributed by atoms with van der Waals surface area (Å²) in [5.74, 6) is -0.228. The zero-order valence-corrected chi connectivity index (χ0v) is 12.2. The second kappa shape index (κ2) is 11.0. The quantitative estimate of drug-likeness (QED) is 0.492. The lowest BCUT2D eigenvalue weighted by molar-refractivity contribution is -0.156. The first-order valence-electron chi connectivity index (χ1n) is 7.74. The molecule has 1 rings (SSSR count). The van der Waals surface area contributed by atoms with Gasteiger partial charge < -0.3 is 9.47 Å². The number of cyclic esters (lactones) is 1. The molecule has 1 atom stereocenters. The van der Waals surface area contributed by atoms with E-state index in [0.29, 0.717) is 13.2 Å². The number of allylic oxidation sites excluding steroid dienone is 1. The third kappa shape index (κ3) is 8.82. The van der Waals surface area contributed by atoms with E-state index in [0.717, 1.165) is 25.7 Å². The first-order valence-corrected chi connectivity index (χ1v) is 7.74. The molecule has 0 fully saturated rings. The van der Waals surface area contributed by atoms with Crippen LogP contribution in [0.3, 0.4) is 0 Å². The summed E-state index contributed by atoms with van der Waals surface area (Å²) in [4.78, 5) is 11.6. The Kier molecular flexibility index (Phi) is 9.42. The lowest BCUT2D eigenvalue weighted by Gasteiger charge is -2.11. The van der Waals surface area contributed by atoms with Gasteiger partial charge in [0.2, 0.25) is 0 Å². The van der Waals surface area contributed by atoms with E-state index in [-0.39, 0.29) is 5.97 Å². The maximum absolute atomic E-state index is 11.6. The van der Waals surface area contributed by atoms with Crippen LogP contribution in [0.2, 0.25) is 0 Å². The smallest absolute Gasteiger partial charge is 0.334 e. The third-order valence-electron chi connectivity index (χ3n) is 3.41. The van der Waals surface area contributed by atoms with Crippen molar-refractivity contribution in [3.63, 3.8) is 0 Å². The van der Waals surface area contributed by atoms with Gasteiger partial charge in [-0.05, 0) is 32.6 Å². The monoisotopic (exact) mass is 268 g/mol. The molecule has 0 aromatic carbocycles. The fourth-order valence-electron chi connectivity index (χ4n) is 2.15. The zero-order valence-electron chi connectivity index (χ0n) is 12.2. The van der Waals surface area contributed by atoms with Crippen LogP contribution in [0.5, 0.6) is 0 Å². The van der Waals surface area contributed by atoms with Crippen LogP contribution in [0.15, 0.2) is 12.2 Å². The molecule has 0 saturated heterocycles. The summed E-state index contributed by atoms with van der Waals surface area (Å²) in [5, 5.41) is 0. The molecule has 3 heteroatoms. The summed E-state index contributed by atoms with van der Waals surface area (Å²) < 4.78 is 10.7. The van der Waals surface area contributed by atoms with E-state index in [9.17, 15) is 4.79 Å². The summed E-state index contributed by atoms with van der Waals surface area (Å²) in [6, 6.07) is 0. The van der Waals surface area contributed by atoms with Crippen LogP contribution in [-0.2, 0) is 14.3 Å². The Balaban J connectivity index is 2.28. The Bertz CT molecular complexity index is 261. The van der Waals surface area contributed by atoms with Gasteiger partial charge in [0.1, 0.15) is 0 Å². The fourth-order valence-corrected chi connectivity index (χ4v) is 2.15. The molecular weight excluding hydrogens is 240 g/mol. The summed E-state index contributed by atoms with van der Waals surface area (Å²) in [6.45, 7) is 2.89. The topological polar surface area (TPSA) is 35.5 Å². The highest BCUT2D eigenvalue weighted by Gasteiger charge is 2.13. The van der Waals surface area contributed by atoms with E-state index >= 15 is 0 Å². The molecule has 0 bridgehead atoms. The molecule has 0 aromatic rings. The number of hydrogen-bond acceptors (Lipinski definition) is 3. The Hall–Kier alpha value is -0.830. The standard InChI is InChI=1S/C16H28O3/c1-15-16(17)19-14-12-10-8-6-4-2-3-5-7-9-11-13-18-15/h7,9,15H,2-6,8,10-14H2,1H3/b9-7+. The van der Waals surface area contributed by atoms with Gasteiger partial charge in [0.25, 0.3) is 0 Å². The highest BCUT2D eigenvalue weighted by molar-refractivity contribution is 5.74. The summed E-state index contributed by atoms with van der Waals surface area (Å²) in [7, 11) is 0. The maximum Gasteiger partial charge on any atom is 0.334 e. The van der Waals surface area contributed by atoms with Crippen molar-refractivity contribution in [2.75, 3.05) is 13.2 Å². The second-order valence-corrected chi connectivity index (χ2v) is 5.20. The van der Waals surface area contributed by atoms with Gasteiger partial charge >= 0.3 is 5.97 Å². The molecule has 1 aliphatic rings. The van der Waals surface area contributed by atoms with Crippen LogP contribution in [0, 0.1) is 0 Å². The van der Waals surface area contributed by atoms with Crippen molar-refractivity contribution < 1.29 is 14.3 Å². The second-order valence-electron chi connectivity index (χ2n) is 5.20. The Morgan fingerprint density at radius 3 is 2.32 bits per heavy atom. The molecule has 0 spiro atoms. The van der Waals surface area contributed by atoms with Gasteiger partial charge in [0.15, 0.2) is 6.10 Å². The molecule has 0 saturated carbocycles. The van der Waals surface area contributed by atoms with Gasteiger partial charge in [-0.15, -0.1) is 0 Å². The van der Waals surface area contributed by atoms with Crippen LogP contribution in [0.4, 0.5) is 0 Å². The maximum atomic E-state index is 11.6. The third-order valence-corrected chi connectivity index (χ3v) is 3.41. The van der Waals surface area contributed by atoms with Crippen molar-refractivity contribution in [2.45, 2.75) is 70.8 Å². The van der Waals surface area contributed by atoms with Crippen molar-refractivity contribution in [1.82, 2.24) is 0 Å². The minimum absolute atomic E-state index is 0.228. The molecule has 1 aliphatic heterocycles. The van der Waals surface area contributed by atoms with Crippen LogP contribution in [-0.4, -0.2) is 25.3 Å². The first-order chi connectivity index (χ1) is 9.30. The van der Waals surface area contributed by atoms with Gasteiger partial charge in [-0.1, -0.05) is 44.3 Å². The number of carbonyl (C=O) groups excluding carboxylic acids is 1. The van der Waals surface area contributed by atoms with Crippen LogP contribution in [0.1, 0.15) is 64.7 Å². The number of esters is 1.